The molecule has 0 saturated heterocycles. The fourth-order valence-electron chi connectivity index (χ4n) is 4.07. The van der Waals surface area contributed by atoms with Crippen molar-refractivity contribution in [3.63, 3.8) is 0 Å². The highest BCUT2D eigenvalue weighted by Crippen LogP contribution is 2.36. The van der Waals surface area contributed by atoms with Crippen molar-refractivity contribution in [1.82, 2.24) is 9.55 Å². The number of imidazole rings is 1. The van der Waals surface area contributed by atoms with Crippen LogP contribution in [0.4, 0.5) is 0 Å². The van der Waals surface area contributed by atoms with Gasteiger partial charge in [0, 0.05) is 5.69 Å². The molecule has 0 saturated carbocycles. The van der Waals surface area contributed by atoms with Crippen LogP contribution in [0.1, 0.15) is 60.3 Å². The minimum absolute atomic E-state index is 0.0870. The van der Waals surface area contributed by atoms with Crippen molar-refractivity contribution in [1.29, 1.82) is 0 Å². The smallest absolute Gasteiger partial charge is 0.0954 e. The van der Waals surface area contributed by atoms with Crippen molar-refractivity contribution < 1.29 is 0 Å². The van der Waals surface area contributed by atoms with Crippen molar-refractivity contribution in [2.24, 2.45) is 5.73 Å². The SMILES string of the molecule is NC1c2ccccc2CCCC1n1cnc2c1CCCC2. The third-order valence-corrected chi connectivity index (χ3v) is 5.19. The molecular weight excluding hydrogens is 258 g/mol. The summed E-state index contributed by atoms with van der Waals surface area (Å²) in [6.07, 6.45) is 10.4. The lowest BCUT2D eigenvalue weighted by Gasteiger charge is -2.27. The maximum atomic E-state index is 6.67. The molecule has 1 aromatic heterocycles. The second-order valence-electron chi connectivity index (χ2n) is 6.44. The Hall–Kier alpha value is -1.61. The average Bonchev–Trinajstić information content (AvgIpc) is 2.88. The molecule has 2 aromatic rings. The van der Waals surface area contributed by atoms with Gasteiger partial charge in [0.05, 0.1) is 24.1 Å². The van der Waals surface area contributed by atoms with Gasteiger partial charge in [-0.3, -0.25) is 0 Å². The summed E-state index contributed by atoms with van der Waals surface area (Å²) in [7, 11) is 0. The third-order valence-electron chi connectivity index (χ3n) is 5.19. The monoisotopic (exact) mass is 281 g/mol. The van der Waals surface area contributed by atoms with Crippen LogP contribution in [0.5, 0.6) is 0 Å². The molecule has 0 spiro atoms. The van der Waals surface area contributed by atoms with Crippen molar-refractivity contribution in [2.75, 3.05) is 0 Å². The van der Waals surface area contributed by atoms with E-state index in [1.165, 1.54) is 48.2 Å². The van der Waals surface area contributed by atoms with Gasteiger partial charge in [0.25, 0.3) is 0 Å². The number of benzene rings is 1. The van der Waals surface area contributed by atoms with E-state index in [0.29, 0.717) is 6.04 Å². The molecule has 0 amide bonds. The Balaban J connectivity index is 1.74. The number of nitrogens with zero attached hydrogens (tertiary/aromatic N) is 2. The molecule has 1 heterocycles. The van der Waals surface area contributed by atoms with E-state index < -0.39 is 0 Å². The summed E-state index contributed by atoms with van der Waals surface area (Å²) < 4.78 is 2.40. The highest BCUT2D eigenvalue weighted by molar-refractivity contribution is 5.32. The van der Waals surface area contributed by atoms with Gasteiger partial charge in [0.15, 0.2) is 0 Å². The second-order valence-corrected chi connectivity index (χ2v) is 6.44. The second kappa shape index (κ2) is 5.30. The first-order valence-corrected chi connectivity index (χ1v) is 8.22. The molecule has 4 rings (SSSR count). The van der Waals surface area contributed by atoms with Gasteiger partial charge in [-0.1, -0.05) is 24.3 Å². The Bertz CT molecular complexity index is 644. The van der Waals surface area contributed by atoms with Crippen LogP contribution in [-0.4, -0.2) is 9.55 Å². The van der Waals surface area contributed by atoms with Crippen molar-refractivity contribution in [2.45, 2.75) is 57.0 Å². The van der Waals surface area contributed by atoms with Crippen molar-refractivity contribution in [3.05, 3.63) is 53.1 Å². The van der Waals surface area contributed by atoms with Gasteiger partial charge in [-0.05, 0) is 56.1 Å². The van der Waals surface area contributed by atoms with Crippen LogP contribution in [-0.2, 0) is 19.3 Å². The van der Waals surface area contributed by atoms with Crippen LogP contribution < -0.4 is 5.73 Å². The van der Waals surface area contributed by atoms with Gasteiger partial charge in [-0.2, -0.15) is 0 Å². The molecular formula is C18H23N3. The zero-order valence-corrected chi connectivity index (χ0v) is 12.5. The fourth-order valence-corrected chi connectivity index (χ4v) is 4.07. The van der Waals surface area contributed by atoms with Gasteiger partial charge in [0.1, 0.15) is 0 Å². The van der Waals surface area contributed by atoms with Crippen LogP contribution >= 0.6 is 0 Å². The largest absolute Gasteiger partial charge is 0.329 e. The maximum Gasteiger partial charge on any atom is 0.0954 e. The molecule has 3 nitrogen and oxygen atoms in total. The van der Waals surface area contributed by atoms with Gasteiger partial charge in [-0.15, -0.1) is 0 Å². The number of hydrogen-bond acceptors (Lipinski definition) is 2. The highest BCUT2D eigenvalue weighted by atomic mass is 15.1. The third kappa shape index (κ3) is 2.20. The summed E-state index contributed by atoms with van der Waals surface area (Å²) in [5.41, 5.74) is 12.2. The molecule has 2 unspecified atom stereocenters. The lowest BCUT2D eigenvalue weighted by molar-refractivity contribution is 0.381. The van der Waals surface area contributed by atoms with E-state index in [1.807, 2.05) is 0 Å². The van der Waals surface area contributed by atoms with Crippen LogP contribution in [0.15, 0.2) is 30.6 Å². The standard InChI is InChI=1S/C18H23N3/c19-18-14-8-2-1-6-13(14)7-5-11-17(18)21-12-20-15-9-3-4-10-16(15)21/h1-2,6,8,12,17-18H,3-5,7,9-11,19H2. The molecule has 2 aliphatic rings. The van der Waals surface area contributed by atoms with E-state index in [0.717, 1.165) is 19.3 Å². The van der Waals surface area contributed by atoms with Crippen LogP contribution in [0.3, 0.4) is 0 Å². The number of rotatable bonds is 1. The molecule has 0 bridgehead atoms. The summed E-state index contributed by atoms with van der Waals surface area (Å²) in [5, 5.41) is 0. The van der Waals surface area contributed by atoms with Gasteiger partial charge >= 0.3 is 0 Å². The van der Waals surface area contributed by atoms with Gasteiger partial charge in [-0.25, -0.2) is 4.98 Å². The fraction of sp³-hybridized carbons (Fsp3) is 0.500. The van der Waals surface area contributed by atoms with E-state index in [2.05, 4.69) is 40.1 Å². The van der Waals surface area contributed by atoms with E-state index >= 15 is 0 Å². The number of fused-ring (bicyclic) bond motifs is 2. The van der Waals surface area contributed by atoms with Gasteiger partial charge in [0.2, 0.25) is 0 Å². The minimum atomic E-state index is 0.0870. The quantitative estimate of drug-likeness (QED) is 0.815. The average molecular weight is 281 g/mol. The predicted octanol–water partition coefficient (Wildman–Crippen LogP) is 3.34. The lowest BCUT2D eigenvalue weighted by atomic mass is 9.95. The first-order chi connectivity index (χ1) is 10.3. The van der Waals surface area contributed by atoms with Crippen molar-refractivity contribution in [3.8, 4) is 0 Å². The molecule has 110 valence electrons. The predicted molar refractivity (Wildman–Crippen MR) is 84.2 cm³/mol. The molecule has 3 heteroatoms. The number of nitrogens with two attached hydrogens (primary N) is 1. The molecule has 2 N–H and O–H groups in total. The van der Waals surface area contributed by atoms with Crippen molar-refractivity contribution >= 4 is 0 Å². The van der Waals surface area contributed by atoms with Crippen LogP contribution in [0.2, 0.25) is 0 Å². The highest BCUT2D eigenvalue weighted by Gasteiger charge is 2.28. The molecule has 0 radical (unpaired) electrons. The van der Waals surface area contributed by atoms with E-state index in [1.54, 1.807) is 0 Å². The Kier molecular flexibility index (Phi) is 3.30. The molecule has 2 atom stereocenters. The minimum Gasteiger partial charge on any atom is -0.329 e. The van der Waals surface area contributed by atoms with Gasteiger partial charge < -0.3 is 10.3 Å². The summed E-state index contributed by atoms with van der Waals surface area (Å²) in [6.45, 7) is 0. The van der Waals surface area contributed by atoms with E-state index in [-0.39, 0.29) is 6.04 Å². The zero-order valence-electron chi connectivity index (χ0n) is 12.5. The molecule has 0 fully saturated rings. The normalized spacial score (nSPS) is 25.0. The van der Waals surface area contributed by atoms with E-state index in [9.17, 15) is 0 Å². The summed E-state index contributed by atoms with van der Waals surface area (Å²) in [5.74, 6) is 0. The Morgan fingerprint density at radius 3 is 2.86 bits per heavy atom. The first kappa shape index (κ1) is 13.1. The molecule has 1 aromatic carbocycles. The summed E-state index contributed by atoms with van der Waals surface area (Å²) in [6, 6.07) is 9.14. The Labute approximate surface area is 126 Å². The first-order valence-electron chi connectivity index (χ1n) is 8.22. The molecule has 21 heavy (non-hydrogen) atoms. The number of aryl methyl sites for hydroxylation is 2. The molecule has 2 aliphatic carbocycles. The lowest BCUT2D eigenvalue weighted by Crippen LogP contribution is -2.25. The maximum absolute atomic E-state index is 6.67. The number of aromatic nitrogens is 2. The topological polar surface area (TPSA) is 43.8 Å². The Morgan fingerprint density at radius 1 is 1.05 bits per heavy atom. The summed E-state index contributed by atoms with van der Waals surface area (Å²) in [4.78, 5) is 4.66. The number of hydrogen-bond donors (Lipinski definition) is 1. The Morgan fingerprint density at radius 2 is 1.90 bits per heavy atom. The molecule has 0 aliphatic heterocycles. The van der Waals surface area contributed by atoms with Crippen LogP contribution in [0.25, 0.3) is 0 Å². The van der Waals surface area contributed by atoms with Crippen LogP contribution in [0, 0.1) is 0 Å². The van der Waals surface area contributed by atoms with E-state index in [4.69, 9.17) is 5.73 Å². The summed E-state index contributed by atoms with van der Waals surface area (Å²) >= 11 is 0. The zero-order chi connectivity index (χ0) is 14.2.